The molecule has 1 aromatic heterocycles. The molecule has 0 spiro atoms. The van der Waals surface area contributed by atoms with E-state index in [1.807, 2.05) is 0 Å². The van der Waals surface area contributed by atoms with Gasteiger partial charge < -0.3 is 15.5 Å². The standard InChI is InChI=1S/C6H9N3O2/c10-4-3-8-9-5(11)1-2-7-6(4)9/h3,5,7,10-11H,1-2H2/t5-/m0/s1. The van der Waals surface area contributed by atoms with Crippen LogP contribution in [0, 0.1) is 0 Å². The molecular formula is C6H9N3O2. The average molecular weight is 155 g/mol. The first-order valence-electron chi connectivity index (χ1n) is 3.47. The van der Waals surface area contributed by atoms with Crippen molar-refractivity contribution in [1.82, 2.24) is 9.78 Å². The molecule has 0 unspecified atom stereocenters. The number of anilines is 1. The Morgan fingerprint density at radius 1 is 1.73 bits per heavy atom. The second kappa shape index (κ2) is 2.13. The minimum absolute atomic E-state index is 0.0868. The molecule has 0 bridgehead atoms. The lowest BCUT2D eigenvalue weighted by molar-refractivity contribution is 0.0810. The van der Waals surface area contributed by atoms with E-state index >= 15 is 0 Å². The van der Waals surface area contributed by atoms with Gasteiger partial charge in [0.05, 0.1) is 6.20 Å². The molecule has 0 aliphatic carbocycles. The molecule has 3 N–H and O–H groups in total. The van der Waals surface area contributed by atoms with Crippen LogP contribution in [0.3, 0.4) is 0 Å². The highest BCUT2D eigenvalue weighted by Crippen LogP contribution is 2.28. The molecule has 0 amide bonds. The molecule has 0 saturated heterocycles. The third-order valence-corrected chi connectivity index (χ3v) is 1.75. The molecule has 5 heteroatoms. The largest absolute Gasteiger partial charge is 0.503 e. The number of aliphatic hydroxyl groups is 1. The summed E-state index contributed by atoms with van der Waals surface area (Å²) in [6.07, 6.45) is 1.33. The van der Waals surface area contributed by atoms with E-state index in [2.05, 4.69) is 10.4 Å². The van der Waals surface area contributed by atoms with Crippen molar-refractivity contribution in [3.63, 3.8) is 0 Å². The maximum atomic E-state index is 9.32. The van der Waals surface area contributed by atoms with Gasteiger partial charge in [0.15, 0.2) is 17.8 Å². The third-order valence-electron chi connectivity index (χ3n) is 1.75. The summed E-state index contributed by atoms with van der Waals surface area (Å²) >= 11 is 0. The first kappa shape index (κ1) is 6.48. The molecule has 2 rings (SSSR count). The smallest absolute Gasteiger partial charge is 0.178 e. The van der Waals surface area contributed by atoms with Crippen molar-refractivity contribution in [2.75, 3.05) is 11.9 Å². The lowest BCUT2D eigenvalue weighted by Gasteiger charge is -2.20. The van der Waals surface area contributed by atoms with Crippen molar-refractivity contribution in [1.29, 1.82) is 0 Å². The van der Waals surface area contributed by atoms with E-state index < -0.39 is 6.23 Å². The Morgan fingerprint density at radius 3 is 3.27 bits per heavy atom. The van der Waals surface area contributed by atoms with Gasteiger partial charge in [0, 0.05) is 13.0 Å². The van der Waals surface area contributed by atoms with Crippen LogP contribution >= 0.6 is 0 Å². The number of aliphatic hydroxyl groups excluding tert-OH is 1. The molecule has 0 aromatic carbocycles. The topological polar surface area (TPSA) is 70.3 Å². The Balaban J connectivity index is 2.46. The van der Waals surface area contributed by atoms with Crippen molar-refractivity contribution < 1.29 is 10.2 Å². The predicted octanol–water partition coefficient (Wildman–Crippen LogP) is -0.105. The fourth-order valence-electron chi connectivity index (χ4n) is 1.19. The number of hydrogen-bond acceptors (Lipinski definition) is 4. The summed E-state index contributed by atoms with van der Waals surface area (Å²) in [6, 6.07) is 0. The number of nitrogens with zero attached hydrogens (tertiary/aromatic N) is 2. The predicted molar refractivity (Wildman–Crippen MR) is 38.3 cm³/mol. The number of fused-ring (bicyclic) bond motifs is 1. The molecule has 1 atom stereocenters. The summed E-state index contributed by atoms with van der Waals surface area (Å²) in [5.74, 6) is 0.590. The lowest BCUT2D eigenvalue weighted by Crippen LogP contribution is -2.22. The van der Waals surface area contributed by atoms with Crippen LogP contribution in [0.2, 0.25) is 0 Å². The van der Waals surface area contributed by atoms with Gasteiger partial charge >= 0.3 is 0 Å². The summed E-state index contributed by atoms with van der Waals surface area (Å²) in [5.41, 5.74) is 0. The zero-order valence-corrected chi connectivity index (χ0v) is 5.86. The molecule has 1 aromatic rings. The van der Waals surface area contributed by atoms with E-state index in [0.29, 0.717) is 18.8 Å². The number of nitrogens with one attached hydrogen (secondary N) is 1. The Bertz CT molecular complexity index is 271. The highest BCUT2D eigenvalue weighted by atomic mass is 16.3. The Labute approximate surface area is 63.3 Å². The molecule has 60 valence electrons. The van der Waals surface area contributed by atoms with E-state index in [0.717, 1.165) is 0 Å². The zero-order chi connectivity index (χ0) is 7.84. The van der Waals surface area contributed by atoms with Gasteiger partial charge in [0.2, 0.25) is 0 Å². The second-order valence-corrected chi connectivity index (χ2v) is 2.52. The van der Waals surface area contributed by atoms with Gasteiger partial charge in [-0.3, -0.25) is 0 Å². The van der Waals surface area contributed by atoms with Gasteiger partial charge in [-0.1, -0.05) is 0 Å². The van der Waals surface area contributed by atoms with Gasteiger partial charge in [-0.15, -0.1) is 0 Å². The molecule has 0 saturated carbocycles. The number of aromatic nitrogens is 2. The Kier molecular flexibility index (Phi) is 1.25. The summed E-state index contributed by atoms with van der Waals surface area (Å²) < 4.78 is 1.37. The molecule has 2 heterocycles. The van der Waals surface area contributed by atoms with E-state index in [1.165, 1.54) is 10.9 Å². The highest BCUT2D eigenvalue weighted by Gasteiger charge is 2.20. The van der Waals surface area contributed by atoms with E-state index in [1.54, 1.807) is 0 Å². The van der Waals surface area contributed by atoms with Gasteiger partial charge in [-0.25, -0.2) is 4.68 Å². The van der Waals surface area contributed by atoms with Gasteiger partial charge in [0.1, 0.15) is 0 Å². The van der Waals surface area contributed by atoms with Crippen LogP contribution in [0.25, 0.3) is 0 Å². The SMILES string of the molecule is Oc1cnn2c1NCC[C@@H]2O. The van der Waals surface area contributed by atoms with Crippen LogP contribution in [0.15, 0.2) is 6.20 Å². The average Bonchev–Trinajstić information content (AvgIpc) is 2.35. The van der Waals surface area contributed by atoms with Gasteiger partial charge in [0.25, 0.3) is 0 Å². The van der Waals surface area contributed by atoms with E-state index in [-0.39, 0.29) is 5.75 Å². The van der Waals surface area contributed by atoms with Crippen LogP contribution in [-0.4, -0.2) is 26.5 Å². The molecule has 0 fully saturated rings. The monoisotopic (exact) mass is 155 g/mol. The molecule has 11 heavy (non-hydrogen) atoms. The van der Waals surface area contributed by atoms with Crippen molar-refractivity contribution in [3.8, 4) is 5.75 Å². The second-order valence-electron chi connectivity index (χ2n) is 2.52. The fourth-order valence-corrected chi connectivity index (χ4v) is 1.19. The van der Waals surface area contributed by atoms with Crippen molar-refractivity contribution in [3.05, 3.63) is 6.20 Å². The van der Waals surface area contributed by atoms with Crippen LogP contribution in [0.4, 0.5) is 5.82 Å². The first-order valence-corrected chi connectivity index (χ1v) is 3.47. The Hall–Kier alpha value is -1.23. The summed E-state index contributed by atoms with van der Waals surface area (Å²) in [5, 5.41) is 25.2. The molecule has 1 aliphatic rings. The van der Waals surface area contributed by atoms with Crippen molar-refractivity contribution in [2.45, 2.75) is 12.6 Å². The maximum Gasteiger partial charge on any atom is 0.178 e. The number of rotatable bonds is 0. The number of hydrogen-bond donors (Lipinski definition) is 3. The summed E-state index contributed by atoms with van der Waals surface area (Å²) in [7, 11) is 0. The van der Waals surface area contributed by atoms with Gasteiger partial charge in [-0.05, 0) is 0 Å². The van der Waals surface area contributed by atoms with Crippen LogP contribution in [0.1, 0.15) is 12.6 Å². The molecule has 0 radical (unpaired) electrons. The first-order chi connectivity index (χ1) is 5.29. The van der Waals surface area contributed by atoms with Crippen LogP contribution in [0.5, 0.6) is 5.75 Å². The Morgan fingerprint density at radius 2 is 2.55 bits per heavy atom. The van der Waals surface area contributed by atoms with E-state index in [4.69, 9.17) is 5.11 Å². The minimum atomic E-state index is -0.604. The van der Waals surface area contributed by atoms with Crippen molar-refractivity contribution >= 4 is 5.82 Å². The van der Waals surface area contributed by atoms with Crippen LogP contribution < -0.4 is 5.32 Å². The van der Waals surface area contributed by atoms with Crippen molar-refractivity contribution in [2.24, 2.45) is 0 Å². The summed E-state index contributed by atoms with van der Waals surface area (Å²) in [6.45, 7) is 0.667. The quantitative estimate of drug-likeness (QED) is 0.489. The zero-order valence-electron chi connectivity index (χ0n) is 5.86. The third kappa shape index (κ3) is 0.848. The maximum absolute atomic E-state index is 9.32. The minimum Gasteiger partial charge on any atom is -0.503 e. The highest BCUT2D eigenvalue weighted by molar-refractivity contribution is 5.49. The van der Waals surface area contributed by atoms with E-state index in [9.17, 15) is 5.11 Å². The lowest BCUT2D eigenvalue weighted by atomic mass is 10.3. The summed E-state index contributed by atoms with van der Waals surface area (Å²) in [4.78, 5) is 0. The van der Waals surface area contributed by atoms with Crippen LogP contribution in [-0.2, 0) is 0 Å². The molecular weight excluding hydrogens is 146 g/mol. The molecule has 5 nitrogen and oxygen atoms in total. The normalized spacial score (nSPS) is 22.5. The fraction of sp³-hybridized carbons (Fsp3) is 0.500. The molecule has 1 aliphatic heterocycles. The number of aromatic hydroxyl groups is 1. The van der Waals surface area contributed by atoms with Gasteiger partial charge in [-0.2, -0.15) is 5.10 Å².